The molecule has 2 aromatic rings. The highest BCUT2D eigenvalue weighted by atomic mass is 35.5. The first kappa shape index (κ1) is 23.6. The van der Waals surface area contributed by atoms with Crippen LogP contribution in [0.3, 0.4) is 0 Å². The van der Waals surface area contributed by atoms with Crippen LogP contribution >= 0.6 is 22.9 Å². The molecule has 2 aliphatic heterocycles. The lowest BCUT2D eigenvalue weighted by Gasteiger charge is -2.26. The maximum absolute atomic E-state index is 12.9. The molecule has 4 N–H and O–H groups in total. The van der Waals surface area contributed by atoms with Gasteiger partial charge in [0.25, 0.3) is 0 Å². The summed E-state index contributed by atoms with van der Waals surface area (Å²) in [6.07, 6.45) is 1.86. The second-order valence-electron chi connectivity index (χ2n) is 8.57. The van der Waals surface area contributed by atoms with Crippen molar-refractivity contribution in [3.8, 4) is 0 Å². The topological polar surface area (TPSA) is 104 Å². The van der Waals surface area contributed by atoms with Crippen LogP contribution in [0.1, 0.15) is 47.8 Å². The van der Waals surface area contributed by atoms with Crippen LogP contribution in [-0.2, 0) is 4.79 Å². The van der Waals surface area contributed by atoms with Gasteiger partial charge in [0, 0.05) is 27.1 Å². The fourth-order valence-electron chi connectivity index (χ4n) is 4.32. The van der Waals surface area contributed by atoms with Crippen LogP contribution in [0.15, 0.2) is 29.3 Å². The Morgan fingerprint density at radius 2 is 1.94 bits per heavy atom. The summed E-state index contributed by atoms with van der Waals surface area (Å²) in [6.45, 7) is 7.54. The van der Waals surface area contributed by atoms with E-state index in [9.17, 15) is 4.79 Å². The molecule has 1 aromatic heterocycles. The molecule has 2 aliphatic rings. The second kappa shape index (κ2) is 9.75. The van der Waals surface area contributed by atoms with Gasteiger partial charge in [0.05, 0.1) is 12.1 Å². The number of nitrogens with one attached hydrogen (secondary N) is 4. The minimum absolute atomic E-state index is 0.0661. The summed E-state index contributed by atoms with van der Waals surface area (Å²) in [4.78, 5) is 20.7. The number of hydrogen-bond acceptors (Lipinski definition) is 6. The molecule has 0 aliphatic carbocycles. The molecule has 3 heterocycles. The Labute approximate surface area is 203 Å². The van der Waals surface area contributed by atoms with Gasteiger partial charge in [0.1, 0.15) is 22.7 Å². The van der Waals surface area contributed by atoms with Crippen LogP contribution in [0.25, 0.3) is 0 Å². The molecule has 7 nitrogen and oxygen atoms in total. The van der Waals surface area contributed by atoms with E-state index in [1.54, 1.807) is 23.2 Å². The Hall–Kier alpha value is -2.55. The van der Waals surface area contributed by atoms with Gasteiger partial charge in [-0.3, -0.25) is 25.5 Å². The van der Waals surface area contributed by atoms with Crippen LogP contribution in [0.5, 0.6) is 0 Å². The molecule has 0 radical (unpaired) electrons. The average molecular weight is 485 g/mol. The molecule has 1 aromatic carbocycles. The highest BCUT2D eigenvalue weighted by Gasteiger charge is 2.35. The summed E-state index contributed by atoms with van der Waals surface area (Å²) in [7, 11) is 0. The standard InChI is InChI=1S/C24H29ClN6OS/c1-13-14(2)33-24-21(13)22(16-4-6-17(25)7-5-16)30-19(23(27)31(24)15(3)26)12-20(32)29-18-8-10-28-11-9-18/h4-7,18-19,26-28H,8-12H2,1-3H3,(H,29,32). The third-order valence-electron chi connectivity index (χ3n) is 6.18. The van der Waals surface area contributed by atoms with Gasteiger partial charge in [-0.2, -0.15) is 0 Å². The predicted molar refractivity (Wildman–Crippen MR) is 137 cm³/mol. The van der Waals surface area contributed by atoms with Crippen molar-refractivity contribution in [2.75, 3.05) is 18.0 Å². The maximum atomic E-state index is 12.9. The van der Waals surface area contributed by atoms with E-state index in [-0.39, 0.29) is 30.0 Å². The molecule has 1 unspecified atom stereocenters. The zero-order valence-corrected chi connectivity index (χ0v) is 20.7. The molecule has 0 saturated carbocycles. The fraction of sp³-hybridized carbons (Fsp3) is 0.417. The van der Waals surface area contributed by atoms with Crippen molar-refractivity contribution in [3.05, 3.63) is 50.9 Å². The maximum Gasteiger partial charge on any atom is 0.222 e. The normalized spacial score (nSPS) is 19.0. The smallest absolute Gasteiger partial charge is 0.222 e. The summed E-state index contributed by atoms with van der Waals surface area (Å²) in [5, 5.41) is 25.2. The first-order valence-electron chi connectivity index (χ1n) is 11.1. The number of aliphatic imine (C=N–C) groups is 1. The molecule has 1 saturated heterocycles. The molecule has 174 valence electrons. The molecule has 1 amide bonds. The Kier molecular flexibility index (Phi) is 6.97. The van der Waals surface area contributed by atoms with Crippen molar-refractivity contribution >= 4 is 51.2 Å². The number of carbonyl (C=O) groups is 1. The summed E-state index contributed by atoms with van der Waals surface area (Å²) < 4.78 is 0. The molecule has 1 atom stereocenters. The Morgan fingerprint density at radius 3 is 2.58 bits per heavy atom. The minimum atomic E-state index is -0.697. The number of fused-ring (bicyclic) bond motifs is 1. The number of carbonyl (C=O) groups excluding carboxylic acids is 1. The van der Waals surface area contributed by atoms with Gasteiger partial charge in [-0.15, -0.1) is 11.3 Å². The first-order valence-corrected chi connectivity index (χ1v) is 12.3. The Morgan fingerprint density at radius 1 is 1.27 bits per heavy atom. The fourth-order valence-corrected chi connectivity index (χ4v) is 5.67. The molecule has 1 fully saturated rings. The van der Waals surface area contributed by atoms with Crippen LogP contribution in [0.4, 0.5) is 5.00 Å². The predicted octanol–water partition coefficient (Wildman–Crippen LogP) is 4.28. The van der Waals surface area contributed by atoms with E-state index < -0.39 is 6.04 Å². The number of hydrogen-bond donors (Lipinski definition) is 4. The largest absolute Gasteiger partial charge is 0.353 e. The monoisotopic (exact) mass is 484 g/mol. The number of amidine groups is 2. The van der Waals surface area contributed by atoms with E-state index >= 15 is 0 Å². The SMILES string of the molecule is CC(=N)N1C(=N)C(CC(=O)NC2CCNCC2)N=C(c2ccc(Cl)cc2)c2c1sc(C)c2C. The highest BCUT2D eigenvalue weighted by Crippen LogP contribution is 2.40. The summed E-state index contributed by atoms with van der Waals surface area (Å²) in [6, 6.07) is 6.92. The van der Waals surface area contributed by atoms with Crippen molar-refractivity contribution in [2.24, 2.45) is 4.99 Å². The quantitative estimate of drug-likeness (QED) is 0.384. The van der Waals surface area contributed by atoms with Gasteiger partial charge in [0.15, 0.2) is 0 Å². The van der Waals surface area contributed by atoms with E-state index in [0.29, 0.717) is 5.02 Å². The van der Waals surface area contributed by atoms with Gasteiger partial charge >= 0.3 is 0 Å². The van der Waals surface area contributed by atoms with E-state index in [0.717, 1.165) is 58.2 Å². The average Bonchev–Trinajstić information content (AvgIpc) is 2.99. The highest BCUT2D eigenvalue weighted by molar-refractivity contribution is 7.17. The first-order chi connectivity index (χ1) is 15.8. The van der Waals surface area contributed by atoms with Gasteiger partial charge in [0.2, 0.25) is 5.91 Å². The van der Waals surface area contributed by atoms with Crippen molar-refractivity contribution in [1.82, 2.24) is 10.6 Å². The van der Waals surface area contributed by atoms with Gasteiger partial charge in [-0.25, -0.2) is 0 Å². The van der Waals surface area contributed by atoms with Gasteiger partial charge in [-0.1, -0.05) is 23.7 Å². The van der Waals surface area contributed by atoms with Crippen molar-refractivity contribution in [3.63, 3.8) is 0 Å². The molecular weight excluding hydrogens is 456 g/mol. The van der Waals surface area contributed by atoms with Crippen molar-refractivity contribution in [1.29, 1.82) is 10.8 Å². The van der Waals surface area contributed by atoms with E-state index in [2.05, 4.69) is 10.6 Å². The third-order valence-corrected chi connectivity index (χ3v) is 7.63. The molecule has 33 heavy (non-hydrogen) atoms. The lowest BCUT2D eigenvalue weighted by atomic mass is 9.99. The lowest BCUT2D eigenvalue weighted by molar-refractivity contribution is -0.122. The number of benzene rings is 1. The van der Waals surface area contributed by atoms with Gasteiger partial charge in [-0.05, 0) is 64.4 Å². The summed E-state index contributed by atoms with van der Waals surface area (Å²) in [5.41, 5.74) is 3.60. The number of nitrogens with zero attached hydrogens (tertiary/aromatic N) is 2. The summed E-state index contributed by atoms with van der Waals surface area (Å²) in [5.74, 6) is 0.268. The van der Waals surface area contributed by atoms with Gasteiger partial charge < -0.3 is 10.6 Å². The lowest BCUT2D eigenvalue weighted by Crippen LogP contribution is -2.46. The summed E-state index contributed by atoms with van der Waals surface area (Å²) >= 11 is 7.68. The van der Waals surface area contributed by atoms with E-state index in [1.165, 1.54) is 0 Å². The molecule has 0 bridgehead atoms. The molecule has 9 heteroatoms. The van der Waals surface area contributed by atoms with E-state index in [1.807, 2.05) is 38.1 Å². The number of rotatable bonds is 4. The zero-order chi connectivity index (χ0) is 23.7. The van der Waals surface area contributed by atoms with Crippen molar-refractivity contribution < 1.29 is 4.79 Å². The number of piperidine rings is 1. The zero-order valence-electron chi connectivity index (χ0n) is 19.1. The Bertz CT molecular complexity index is 1120. The van der Waals surface area contributed by atoms with Crippen LogP contribution in [0, 0.1) is 24.7 Å². The van der Waals surface area contributed by atoms with Crippen LogP contribution in [0.2, 0.25) is 5.02 Å². The molecular formula is C24H29ClN6OS. The second-order valence-corrected chi connectivity index (χ2v) is 10.2. The number of anilines is 1. The molecule has 0 spiro atoms. The molecule has 4 rings (SSSR count). The minimum Gasteiger partial charge on any atom is -0.353 e. The third kappa shape index (κ3) is 4.88. The van der Waals surface area contributed by atoms with Crippen LogP contribution < -0.4 is 15.5 Å². The van der Waals surface area contributed by atoms with E-state index in [4.69, 9.17) is 27.4 Å². The number of aryl methyl sites for hydroxylation is 1. The number of amides is 1. The van der Waals surface area contributed by atoms with Crippen LogP contribution in [-0.4, -0.2) is 48.5 Å². The Balaban J connectivity index is 1.76. The van der Waals surface area contributed by atoms with Crippen molar-refractivity contribution in [2.45, 2.75) is 52.1 Å². The number of halogens is 1. The number of thiophene rings is 1.